The van der Waals surface area contributed by atoms with Crippen molar-refractivity contribution < 1.29 is 4.39 Å². The first-order valence-corrected chi connectivity index (χ1v) is 7.66. The van der Waals surface area contributed by atoms with Gasteiger partial charge in [-0.3, -0.25) is 0 Å². The van der Waals surface area contributed by atoms with Crippen LogP contribution in [-0.4, -0.2) is 12.0 Å². The van der Waals surface area contributed by atoms with E-state index in [4.69, 9.17) is 5.73 Å². The van der Waals surface area contributed by atoms with Gasteiger partial charge in [0.05, 0.1) is 5.69 Å². The number of nitrogens with two attached hydrogens (primary N) is 1. The highest BCUT2D eigenvalue weighted by molar-refractivity contribution is 7.15. The molecule has 3 nitrogen and oxygen atoms in total. The lowest BCUT2D eigenvalue weighted by Crippen LogP contribution is -2.18. The fourth-order valence-corrected chi connectivity index (χ4v) is 3.71. The molecule has 1 atom stereocenters. The highest BCUT2D eigenvalue weighted by atomic mass is 32.1. The molecular formula is C15H18FN3S. The molecule has 0 bridgehead atoms. The van der Waals surface area contributed by atoms with Gasteiger partial charge in [-0.25, -0.2) is 9.37 Å². The maximum Gasteiger partial charge on any atom is 0.185 e. The zero-order valence-corrected chi connectivity index (χ0v) is 12.3. The fraction of sp³-hybridized carbons (Fsp3) is 0.400. The number of anilines is 1. The van der Waals surface area contributed by atoms with Crippen LogP contribution in [0.5, 0.6) is 0 Å². The first-order chi connectivity index (χ1) is 9.63. The SMILES string of the molecule is CN(Cc1cccc(F)c1)c1nc2c(s1)CCCC2N. The molecule has 0 fully saturated rings. The van der Waals surface area contributed by atoms with Gasteiger partial charge in [0.1, 0.15) is 5.82 Å². The van der Waals surface area contributed by atoms with E-state index in [2.05, 4.69) is 9.88 Å². The van der Waals surface area contributed by atoms with Gasteiger partial charge >= 0.3 is 0 Å². The maximum atomic E-state index is 13.2. The lowest BCUT2D eigenvalue weighted by molar-refractivity contribution is 0.563. The predicted octanol–water partition coefficient (Wildman–Crippen LogP) is 3.25. The number of hydrogen-bond donors (Lipinski definition) is 1. The van der Waals surface area contributed by atoms with Gasteiger partial charge in [-0.2, -0.15) is 0 Å². The zero-order chi connectivity index (χ0) is 14.1. The van der Waals surface area contributed by atoms with Gasteiger partial charge in [-0.05, 0) is 37.0 Å². The number of hydrogen-bond acceptors (Lipinski definition) is 4. The minimum Gasteiger partial charge on any atom is -0.347 e. The van der Waals surface area contributed by atoms with E-state index in [9.17, 15) is 4.39 Å². The Bertz CT molecular complexity index is 611. The largest absolute Gasteiger partial charge is 0.347 e. The summed E-state index contributed by atoms with van der Waals surface area (Å²) in [6.45, 7) is 0.652. The molecule has 1 aliphatic carbocycles. The Balaban J connectivity index is 1.79. The normalized spacial score (nSPS) is 17.9. The Morgan fingerprint density at radius 2 is 2.35 bits per heavy atom. The number of aromatic nitrogens is 1. The number of fused-ring (bicyclic) bond motifs is 1. The van der Waals surface area contributed by atoms with Crippen molar-refractivity contribution in [2.75, 3.05) is 11.9 Å². The average molecular weight is 291 g/mol. The van der Waals surface area contributed by atoms with E-state index in [1.165, 1.54) is 10.9 Å². The van der Waals surface area contributed by atoms with E-state index in [1.807, 2.05) is 13.1 Å². The van der Waals surface area contributed by atoms with Gasteiger partial charge in [0.2, 0.25) is 0 Å². The molecule has 0 saturated heterocycles. The molecule has 3 rings (SSSR count). The van der Waals surface area contributed by atoms with Gasteiger partial charge in [0.25, 0.3) is 0 Å². The minimum absolute atomic E-state index is 0.0753. The van der Waals surface area contributed by atoms with Crippen LogP contribution < -0.4 is 10.6 Å². The summed E-state index contributed by atoms with van der Waals surface area (Å²) in [4.78, 5) is 8.05. The van der Waals surface area contributed by atoms with E-state index < -0.39 is 0 Å². The fourth-order valence-electron chi connectivity index (χ4n) is 2.58. The number of thiazole rings is 1. The van der Waals surface area contributed by atoms with Gasteiger partial charge < -0.3 is 10.6 Å². The molecule has 20 heavy (non-hydrogen) atoms. The number of rotatable bonds is 3. The van der Waals surface area contributed by atoms with Crippen LogP contribution in [0.1, 0.15) is 35.0 Å². The topological polar surface area (TPSA) is 42.2 Å². The lowest BCUT2D eigenvalue weighted by Gasteiger charge is -2.16. The summed E-state index contributed by atoms with van der Waals surface area (Å²) >= 11 is 1.71. The standard InChI is InChI=1S/C15H18FN3S/c1-19(9-10-4-2-5-11(16)8-10)15-18-14-12(17)6-3-7-13(14)20-15/h2,4-5,8,12H,3,6-7,9,17H2,1H3. The van der Waals surface area contributed by atoms with Crippen molar-refractivity contribution in [1.82, 2.24) is 4.98 Å². The van der Waals surface area contributed by atoms with Crippen molar-refractivity contribution in [3.05, 3.63) is 46.2 Å². The van der Waals surface area contributed by atoms with Crippen molar-refractivity contribution >= 4 is 16.5 Å². The molecule has 5 heteroatoms. The predicted molar refractivity (Wildman–Crippen MR) is 80.5 cm³/mol. The molecule has 0 amide bonds. The second-order valence-electron chi connectivity index (χ2n) is 5.29. The Morgan fingerprint density at radius 1 is 1.50 bits per heavy atom. The van der Waals surface area contributed by atoms with Crippen LogP contribution in [0.15, 0.2) is 24.3 Å². The number of aryl methyl sites for hydroxylation is 1. The molecule has 0 radical (unpaired) electrons. The molecule has 2 aromatic rings. The third-order valence-corrected chi connectivity index (χ3v) is 4.87. The molecular weight excluding hydrogens is 273 g/mol. The van der Waals surface area contributed by atoms with Crippen LogP contribution in [0, 0.1) is 5.82 Å². The molecule has 1 aliphatic rings. The zero-order valence-electron chi connectivity index (χ0n) is 11.5. The second kappa shape index (κ2) is 5.50. The number of halogens is 1. The van der Waals surface area contributed by atoms with E-state index in [0.717, 1.165) is 35.7 Å². The van der Waals surface area contributed by atoms with Crippen molar-refractivity contribution in [2.24, 2.45) is 5.73 Å². The monoisotopic (exact) mass is 291 g/mol. The highest BCUT2D eigenvalue weighted by Gasteiger charge is 2.22. The molecule has 0 spiro atoms. The number of benzene rings is 1. The van der Waals surface area contributed by atoms with E-state index >= 15 is 0 Å². The van der Waals surface area contributed by atoms with Gasteiger partial charge in [0, 0.05) is 24.5 Å². The Kier molecular flexibility index (Phi) is 3.72. The number of nitrogens with zero attached hydrogens (tertiary/aromatic N) is 2. The van der Waals surface area contributed by atoms with Crippen LogP contribution in [-0.2, 0) is 13.0 Å². The van der Waals surface area contributed by atoms with Crippen LogP contribution in [0.3, 0.4) is 0 Å². The summed E-state index contributed by atoms with van der Waals surface area (Å²) in [5.74, 6) is -0.198. The van der Waals surface area contributed by atoms with Gasteiger partial charge in [0.15, 0.2) is 5.13 Å². The Labute approximate surface area is 122 Å². The van der Waals surface area contributed by atoms with Crippen LogP contribution >= 0.6 is 11.3 Å². The summed E-state index contributed by atoms with van der Waals surface area (Å²) in [6, 6.07) is 6.77. The quantitative estimate of drug-likeness (QED) is 0.944. The van der Waals surface area contributed by atoms with Crippen LogP contribution in [0.25, 0.3) is 0 Å². The Morgan fingerprint density at radius 3 is 3.10 bits per heavy atom. The smallest absolute Gasteiger partial charge is 0.185 e. The Hall–Kier alpha value is -1.46. The summed E-state index contributed by atoms with van der Waals surface area (Å²) in [5, 5.41) is 0.969. The third-order valence-electron chi connectivity index (χ3n) is 3.62. The third kappa shape index (κ3) is 2.69. The first-order valence-electron chi connectivity index (χ1n) is 6.84. The van der Waals surface area contributed by atoms with E-state index in [-0.39, 0.29) is 11.9 Å². The van der Waals surface area contributed by atoms with Gasteiger partial charge in [-0.15, -0.1) is 11.3 Å². The van der Waals surface area contributed by atoms with E-state index in [0.29, 0.717) is 6.54 Å². The van der Waals surface area contributed by atoms with Crippen molar-refractivity contribution in [1.29, 1.82) is 0 Å². The van der Waals surface area contributed by atoms with Crippen molar-refractivity contribution in [2.45, 2.75) is 31.8 Å². The molecule has 1 aromatic carbocycles. The van der Waals surface area contributed by atoms with Crippen LogP contribution in [0.4, 0.5) is 9.52 Å². The summed E-state index contributed by atoms with van der Waals surface area (Å²) < 4.78 is 13.2. The average Bonchev–Trinajstić information content (AvgIpc) is 2.84. The van der Waals surface area contributed by atoms with Crippen molar-refractivity contribution in [3.63, 3.8) is 0 Å². The van der Waals surface area contributed by atoms with Gasteiger partial charge in [-0.1, -0.05) is 12.1 Å². The maximum absolute atomic E-state index is 13.2. The van der Waals surface area contributed by atoms with E-state index in [1.54, 1.807) is 23.5 Å². The molecule has 1 aromatic heterocycles. The summed E-state index contributed by atoms with van der Waals surface area (Å²) in [5.41, 5.74) is 8.12. The van der Waals surface area contributed by atoms with Crippen molar-refractivity contribution in [3.8, 4) is 0 Å². The second-order valence-corrected chi connectivity index (χ2v) is 6.35. The molecule has 2 N–H and O–H groups in total. The first kappa shape index (κ1) is 13.5. The lowest BCUT2D eigenvalue weighted by atomic mass is 9.99. The molecule has 0 saturated carbocycles. The molecule has 0 aliphatic heterocycles. The highest BCUT2D eigenvalue weighted by Crippen LogP contribution is 2.35. The summed E-state index contributed by atoms with van der Waals surface area (Å²) in [7, 11) is 1.99. The molecule has 1 heterocycles. The van der Waals surface area contributed by atoms with Crippen LogP contribution in [0.2, 0.25) is 0 Å². The summed E-state index contributed by atoms with van der Waals surface area (Å²) in [6.07, 6.45) is 3.24. The molecule has 106 valence electrons. The minimum atomic E-state index is -0.198. The molecule has 1 unspecified atom stereocenters.